The minimum Gasteiger partial charge on any atom is -0.497 e. The van der Waals surface area contributed by atoms with E-state index < -0.39 is 0 Å². The van der Waals surface area contributed by atoms with Crippen LogP contribution in [0.25, 0.3) is 0 Å². The van der Waals surface area contributed by atoms with Crippen molar-refractivity contribution >= 4 is 5.91 Å². The Hall–Kier alpha value is -2.99. The number of likely N-dealkylation sites (N-methyl/N-ethyl adjacent to an activating group) is 1. The Bertz CT molecular complexity index is 958. The summed E-state index contributed by atoms with van der Waals surface area (Å²) in [6, 6.07) is 13.7. The van der Waals surface area contributed by atoms with Crippen molar-refractivity contribution in [1.29, 1.82) is 0 Å². The van der Waals surface area contributed by atoms with Gasteiger partial charge in [-0.1, -0.05) is 12.1 Å². The van der Waals surface area contributed by atoms with Gasteiger partial charge in [-0.3, -0.25) is 4.79 Å². The lowest BCUT2D eigenvalue weighted by atomic mass is 10.1. The zero-order chi connectivity index (χ0) is 21.0. The van der Waals surface area contributed by atoms with Crippen LogP contribution in [0.3, 0.4) is 0 Å². The molecule has 0 radical (unpaired) electrons. The highest BCUT2D eigenvalue weighted by Crippen LogP contribution is 2.23. The average Bonchev–Trinajstić information content (AvgIpc) is 3.31. The van der Waals surface area contributed by atoms with Gasteiger partial charge in [0.1, 0.15) is 11.5 Å². The maximum Gasteiger partial charge on any atom is 0.253 e. The predicted octanol–water partition coefficient (Wildman–Crippen LogP) is 3.79. The van der Waals surface area contributed by atoms with Crippen molar-refractivity contribution in [2.45, 2.75) is 26.4 Å². The van der Waals surface area contributed by atoms with Crippen LogP contribution < -0.4 is 10.1 Å². The third-order valence-electron chi connectivity index (χ3n) is 5.27. The second-order valence-electron chi connectivity index (χ2n) is 7.42. The molecular formula is C23H29N3O3. The van der Waals surface area contributed by atoms with Crippen molar-refractivity contribution in [3.05, 3.63) is 77.0 Å². The molecule has 0 spiro atoms. The third kappa shape index (κ3) is 4.71. The van der Waals surface area contributed by atoms with Gasteiger partial charge in [-0.05, 0) is 63.8 Å². The van der Waals surface area contributed by atoms with Gasteiger partial charge in [-0.25, -0.2) is 0 Å². The maximum atomic E-state index is 12.9. The van der Waals surface area contributed by atoms with E-state index >= 15 is 0 Å². The van der Waals surface area contributed by atoms with Gasteiger partial charge in [0, 0.05) is 17.9 Å². The highest BCUT2D eigenvalue weighted by atomic mass is 16.5. The summed E-state index contributed by atoms with van der Waals surface area (Å²) < 4.78 is 12.9. The molecule has 1 atom stereocenters. The molecule has 1 N–H and O–H groups in total. The number of benzene rings is 1. The largest absolute Gasteiger partial charge is 0.497 e. The van der Waals surface area contributed by atoms with Crippen LogP contribution >= 0.6 is 0 Å². The number of amides is 1. The summed E-state index contributed by atoms with van der Waals surface area (Å²) in [5.41, 5.74) is 3.75. The van der Waals surface area contributed by atoms with Crippen LogP contribution in [0, 0.1) is 13.8 Å². The molecule has 2 heterocycles. The summed E-state index contributed by atoms with van der Waals surface area (Å²) in [4.78, 5) is 15.0. The second kappa shape index (κ2) is 9.01. The summed E-state index contributed by atoms with van der Waals surface area (Å²) in [5, 5.41) is 3.10. The van der Waals surface area contributed by atoms with Crippen LogP contribution in [0.15, 0.2) is 53.1 Å². The molecule has 0 bridgehead atoms. The Morgan fingerprint density at radius 3 is 2.66 bits per heavy atom. The number of ether oxygens (including phenoxy) is 1. The Labute approximate surface area is 172 Å². The first-order valence-corrected chi connectivity index (χ1v) is 9.68. The topological polar surface area (TPSA) is 59.6 Å². The van der Waals surface area contributed by atoms with E-state index in [1.807, 2.05) is 64.3 Å². The monoisotopic (exact) mass is 395 g/mol. The molecule has 1 unspecified atom stereocenters. The lowest BCUT2D eigenvalue weighted by Gasteiger charge is -2.25. The average molecular weight is 396 g/mol. The van der Waals surface area contributed by atoms with Crippen LogP contribution in [0.4, 0.5) is 0 Å². The summed E-state index contributed by atoms with van der Waals surface area (Å²) in [5.74, 6) is 1.60. The summed E-state index contributed by atoms with van der Waals surface area (Å²) in [6.07, 6.45) is 1.66. The van der Waals surface area contributed by atoms with E-state index in [0.29, 0.717) is 18.7 Å². The number of aromatic nitrogens is 1. The maximum absolute atomic E-state index is 12.9. The molecule has 1 aromatic carbocycles. The molecule has 29 heavy (non-hydrogen) atoms. The number of nitrogens with zero attached hydrogens (tertiary/aromatic N) is 2. The smallest absolute Gasteiger partial charge is 0.253 e. The van der Waals surface area contributed by atoms with Gasteiger partial charge in [0.25, 0.3) is 5.91 Å². The van der Waals surface area contributed by atoms with Crippen molar-refractivity contribution in [2.75, 3.05) is 27.7 Å². The van der Waals surface area contributed by atoms with Crippen LogP contribution in [0.5, 0.6) is 5.75 Å². The molecule has 0 saturated carbocycles. The molecular weight excluding hydrogens is 366 g/mol. The minimum absolute atomic E-state index is 0.0423. The van der Waals surface area contributed by atoms with Gasteiger partial charge in [0.2, 0.25) is 0 Å². The van der Waals surface area contributed by atoms with Crippen molar-refractivity contribution in [3.8, 4) is 5.75 Å². The zero-order valence-corrected chi connectivity index (χ0v) is 17.7. The van der Waals surface area contributed by atoms with Crippen molar-refractivity contribution < 1.29 is 13.9 Å². The standard InChI is InChI=1S/C23H29N3O3/c1-16-12-21(17(2)26(16)15-20-10-7-11-29-20)23(27)24-14-22(25(3)4)18-8-6-9-19(13-18)28-5/h6-13,22H,14-15H2,1-5H3,(H,24,27). The molecule has 0 fully saturated rings. The van der Waals surface area contributed by atoms with Gasteiger partial charge < -0.3 is 23.9 Å². The summed E-state index contributed by atoms with van der Waals surface area (Å²) in [7, 11) is 5.67. The molecule has 154 valence electrons. The van der Waals surface area contributed by atoms with E-state index in [0.717, 1.165) is 28.5 Å². The number of hydrogen-bond donors (Lipinski definition) is 1. The number of nitrogens with one attached hydrogen (secondary N) is 1. The molecule has 0 aliphatic carbocycles. The number of furan rings is 1. The van der Waals surface area contributed by atoms with Crippen LogP contribution in [-0.4, -0.2) is 43.1 Å². The Morgan fingerprint density at radius 2 is 2.00 bits per heavy atom. The highest BCUT2D eigenvalue weighted by Gasteiger charge is 2.20. The van der Waals surface area contributed by atoms with Crippen molar-refractivity contribution in [3.63, 3.8) is 0 Å². The van der Waals surface area contributed by atoms with Gasteiger partial charge in [0.05, 0.1) is 31.5 Å². The molecule has 3 rings (SSSR count). The van der Waals surface area contributed by atoms with Crippen molar-refractivity contribution in [2.24, 2.45) is 0 Å². The first kappa shape index (κ1) is 20.7. The molecule has 6 heteroatoms. The predicted molar refractivity (Wildman–Crippen MR) is 113 cm³/mol. The normalized spacial score (nSPS) is 12.2. The van der Waals surface area contributed by atoms with E-state index in [1.54, 1.807) is 13.4 Å². The van der Waals surface area contributed by atoms with Crippen LogP contribution in [-0.2, 0) is 6.54 Å². The molecule has 0 aliphatic rings. The second-order valence-corrected chi connectivity index (χ2v) is 7.42. The molecule has 0 saturated heterocycles. The number of rotatable bonds is 8. The Kier molecular flexibility index (Phi) is 6.44. The Morgan fingerprint density at radius 1 is 1.21 bits per heavy atom. The number of methoxy groups -OCH3 is 1. The first-order valence-electron chi connectivity index (χ1n) is 9.68. The van der Waals surface area contributed by atoms with E-state index in [-0.39, 0.29) is 11.9 Å². The number of carbonyl (C=O) groups is 1. The summed E-state index contributed by atoms with van der Waals surface area (Å²) in [6.45, 7) is 5.09. The molecule has 0 aliphatic heterocycles. The first-order chi connectivity index (χ1) is 13.9. The molecule has 1 amide bonds. The molecule has 6 nitrogen and oxygen atoms in total. The fraction of sp³-hybridized carbons (Fsp3) is 0.348. The van der Waals surface area contributed by atoms with Crippen LogP contribution in [0.2, 0.25) is 0 Å². The van der Waals surface area contributed by atoms with E-state index in [9.17, 15) is 4.79 Å². The number of carbonyl (C=O) groups excluding carboxylic acids is 1. The minimum atomic E-state index is -0.0708. The fourth-order valence-electron chi connectivity index (χ4n) is 3.56. The SMILES string of the molecule is COc1cccc(C(CNC(=O)c2cc(C)n(Cc3ccco3)c2C)N(C)C)c1. The lowest BCUT2D eigenvalue weighted by molar-refractivity contribution is 0.0941. The van der Waals surface area contributed by atoms with Gasteiger partial charge in [-0.2, -0.15) is 0 Å². The molecule has 3 aromatic rings. The Balaban J connectivity index is 1.73. The zero-order valence-electron chi connectivity index (χ0n) is 17.7. The van der Waals surface area contributed by atoms with Crippen molar-refractivity contribution in [1.82, 2.24) is 14.8 Å². The van der Waals surface area contributed by atoms with Gasteiger partial charge in [0.15, 0.2) is 0 Å². The third-order valence-corrected chi connectivity index (χ3v) is 5.27. The number of hydrogen-bond acceptors (Lipinski definition) is 4. The number of aryl methyl sites for hydroxylation is 1. The van der Waals surface area contributed by atoms with E-state index in [4.69, 9.17) is 9.15 Å². The molecule has 2 aromatic heterocycles. The van der Waals surface area contributed by atoms with Crippen LogP contribution in [0.1, 0.15) is 39.1 Å². The summed E-state index contributed by atoms with van der Waals surface area (Å²) >= 11 is 0. The fourth-order valence-corrected chi connectivity index (χ4v) is 3.56. The highest BCUT2D eigenvalue weighted by molar-refractivity contribution is 5.95. The van der Waals surface area contributed by atoms with Gasteiger partial charge in [-0.15, -0.1) is 0 Å². The quantitative estimate of drug-likeness (QED) is 0.630. The van der Waals surface area contributed by atoms with E-state index in [2.05, 4.69) is 20.9 Å². The van der Waals surface area contributed by atoms with Gasteiger partial charge >= 0.3 is 0 Å². The van der Waals surface area contributed by atoms with E-state index in [1.165, 1.54) is 0 Å². The lowest BCUT2D eigenvalue weighted by Crippen LogP contribution is -2.34.